The molecule has 4 aromatic carbocycles. The van der Waals surface area contributed by atoms with Gasteiger partial charge in [0.15, 0.2) is 0 Å². The number of nitrogens with one attached hydrogen (secondary N) is 3. The van der Waals surface area contributed by atoms with Crippen LogP contribution < -0.4 is 16.0 Å². The van der Waals surface area contributed by atoms with Gasteiger partial charge < -0.3 is 16.0 Å². The fourth-order valence-corrected chi connectivity index (χ4v) is 4.40. The van der Waals surface area contributed by atoms with E-state index >= 15 is 0 Å². The van der Waals surface area contributed by atoms with Gasteiger partial charge in [-0.15, -0.1) is 0 Å². The predicted molar refractivity (Wildman–Crippen MR) is 143 cm³/mol. The lowest BCUT2D eigenvalue weighted by atomic mass is 9.94. The summed E-state index contributed by atoms with van der Waals surface area (Å²) in [6.45, 7) is 0.120. The quantitative estimate of drug-likeness (QED) is 0.296. The lowest BCUT2D eigenvalue weighted by Crippen LogP contribution is -2.41. The molecule has 0 fully saturated rings. The number of hydrogen-bond acceptors (Lipinski definition) is 4. The van der Waals surface area contributed by atoms with Crippen LogP contribution in [0.15, 0.2) is 91.0 Å². The van der Waals surface area contributed by atoms with Crippen LogP contribution in [0.5, 0.6) is 0 Å². The molecule has 1 heterocycles. The molecule has 0 radical (unpaired) electrons. The molecule has 0 atom stereocenters. The van der Waals surface area contributed by atoms with Crippen molar-refractivity contribution in [2.75, 3.05) is 22.5 Å². The van der Waals surface area contributed by atoms with Gasteiger partial charge in [0.05, 0.1) is 11.4 Å². The Labute approximate surface area is 213 Å². The molecule has 0 saturated carbocycles. The Morgan fingerprint density at radius 2 is 1.24 bits per heavy atom. The summed E-state index contributed by atoms with van der Waals surface area (Å²) in [7, 11) is 0. The zero-order valence-electron chi connectivity index (χ0n) is 19.9. The molecule has 0 aliphatic carbocycles. The van der Waals surface area contributed by atoms with Gasteiger partial charge in [-0.25, -0.2) is 4.79 Å². The normalized spacial score (nSPS) is 12.4. The number of benzene rings is 4. The lowest BCUT2D eigenvalue weighted by molar-refractivity contribution is -0.116. The SMILES string of the molecule is O=C(CCCN1C(=O)c2cccc3cccc(c23)C1=O)Nc1ccccc1NC(=O)Nc1ccccc1. The van der Waals surface area contributed by atoms with Crippen LogP contribution in [0.4, 0.5) is 21.9 Å². The largest absolute Gasteiger partial charge is 0.324 e. The van der Waals surface area contributed by atoms with Gasteiger partial charge in [-0.05, 0) is 48.2 Å². The minimum Gasteiger partial charge on any atom is -0.324 e. The van der Waals surface area contributed by atoms with Crippen LogP contribution >= 0.6 is 0 Å². The molecule has 5 rings (SSSR count). The van der Waals surface area contributed by atoms with Crippen molar-refractivity contribution in [1.29, 1.82) is 0 Å². The lowest BCUT2D eigenvalue weighted by Gasteiger charge is -2.27. The van der Waals surface area contributed by atoms with E-state index < -0.39 is 6.03 Å². The van der Waals surface area contributed by atoms with E-state index in [2.05, 4.69) is 16.0 Å². The van der Waals surface area contributed by atoms with Crippen LogP contribution in [0, 0.1) is 0 Å². The fourth-order valence-electron chi connectivity index (χ4n) is 4.40. The summed E-state index contributed by atoms with van der Waals surface area (Å²) in [4.78, 5) is 52.3. The van der Waals surface area contributed by atoms with E-state index in [1.165, 1.54) is 4.90 Å². The first-order valence-corrected chi connectivity index (χ1v) is 11.9. The minimum absolute atomic E-state index is 0.0907. The van der Waals surface area contributed by atoms with Gasteiger partial charge in [0.2, 0.25) is 5.91 Å². The third kappa shape index (κ3) is 5.04. The highest BCUT2D eigenvalue weighted by Crippen LogP contribution is 2.30. The van der Waals surface area contributed by atoms with Gasteiger partial charge in [-0.2, -0.15) is 0 Å². The van der Waals surface area contributed by atoms with Crippen molar-refractivity contribution >= 4 is 51.6 Å². The van der Waals surface area contributed by atoms with Crippen molar-refractivity contribution < 1.29 is 19.2 Å². The zero-order chi connectivity index (χ0) is 25.8. The molecule has 5 amide bonds. The number of hydrogen-bond donors (Lipinski definition) is 3. The number of imide groups is 1. The Kier molecular flexibility index (Phi) is 6.63. The number of urea groups is 1. The Morgan fingerprint density at radius 1 is 0.649 bits per heavy atom. The molecule has 184 valence electrons. The Balaban J connectivity index is 1.19. The van der Waals surface area contributed by atoms with Crippen LogP contribution in [0.1, 0.15) is 33.6 Å². The summed E-state index contributed by atoms with van der Waals surface area (Å²) >= 11 is 0. The van der Waals surface area contributed by atoms with Gasteiger partial charge in [0.1, 0.15) is 0 Å². The maximum atomic E-state index is 13.0. The maximum absolute atomic E-state index is 13.0. The van der Waals surface area contributed by atoms with E-state index in [-0.39, 0.29) is 30.7 Å². The molecule has 1 aliphatic rings. The molecule has 37 heavy (non-hydrogen) atoms. The number of nitrogens with zero attached hydrogens (tertiary/aromatic N) is 1. The molecular weight excluding hydrogens is 468 g/mol. The maximum Gasteiger partial charge on any atom is 0.323 e. The van der Waals surface area contributed by atoms with E-state index in [0.29, 0.717) is 40.0 Å². The van der Waals surface area contributed by atoms with Crippen molar-refractivity contribution in [2.24, 2.45) is 0 Å². The van der Waals surface area contributed by atoms with E-state index in [1.807, 2.05) is 30.3 Å². The number of carbonyl (C=O) groups is 4. The first-order chi connectivity index (χ1) is 18.0. The van der Waals surface area contributed by atoms with E-state index in [1.54, 1.807) is 60.7 Å². The Hall–Kier alpha value is -4.98. The number of para-hydroxylation sites is 3. The van der Waals surface area contributed by atoms with E-state index in [4.69, 9.17) is 0 Å². The van der Waals surface area contributed by atoms with Crippen molar-refractivity contribution in [1.82, 2.24) is 4.90 Å². The molecule has 0 spiro atoms. The van der Waals surface area contributed by atoms with Gasteiger partial charge in [0.25, 0.3) is 11.8 Å². The molecule has 0 saturated heterocycles. The highest BCUT2D eigenvalue weighted by molar-refractivity contribution is 6.25. The zero-order valence-corrected chi connectivity index (χ0v) is 19.9. The molecule has 0 unspecified atom stereocenters. The molecule has 0 bridgehead atoms. The first-order valence-electron chi connectivity index (χ1n) is 11.9. The summed E-state index contributed by atoms with van der Waals surface area (Å²) < 4.78 is 0. The summed E-state index contributed by atoms with van der Waals surface area (Å²) in [6, 6.07) is 26.2. The summed E-state index contributed by atoms with van der Waals surface area (Å²) in [5.74, 6) is -1.00. The van der Waals surface area contributed by atoms with Gasteiger partial charge in [-0.3, -0.25) is 19.3 Å². The monoisotopic (exact) mass is 492 g/mol. The van der Waals surface area contributed by atoms with Crippen LogP contribution in [-0.4, -0.2) is 35.2 Å². The van der Waals surface area contributed by atoms with Crippen LogP contribution in [0.25, 0.3) is 10.8 Å². The van der Waals surface area contributed by atoms with Gasteiger partial charge in [-0.1, -0.05) is 54.6 Å². The smallest absolute Gasteiger partial charge is 0.323 e. The second-order valence-electron chi connectivity index (χ2n) is 8.61. The van der Waals surface area contributed by atoms with Crippen LogP contribution in [0.2, 0.25) is 0 Å². The van der Waals surface area contributed by atoms with Crippen molar-refractivity contribution in [2.45, 2.75) is 12.8 Å². The highest BCUT2D eigenvalue weighted by atomic mass is 16.2. The topological polar surface area (TPSA) is 108 Å². The van der Waals surface area contributed by atoms with Crippen molar-refractivity contribution in [3.8, 4) is 0 Å². The molecular formula is C29H24N4O4. The minimum atomic E-state index is -0.440. The van der Waals surface area contributed by atoms with Gasteiger partial charge >= 0.3 is 6.03 Å². The average molecular weight is 493 g/mol. The highest BCUT2D eigenvalue weighted by Gasteiger charge is 2.32. The van der Waals surface area contributed by atoms with Crippen molar-refractivity contribution in [3.63, 3.8) is 0 Å². The summed E-state index contributed by atoms with van der Waals surface area (Å²) in [5.41, 5.74) is 2.51. The third-order valence-corrected chi connectivity index (χ3v) is 6.12. The third-order valence-electron chi connectivity index (χ3n) is 6.12. The molecule has 1 aliphatic heterocycles. The summed E-state index contributed by atoms with van der Waals surface area (Å²) in [5, 5.41) is 9.80. The Bertz CT molecular complexity index is 1470. The van der Waals surface area contributed by atoms with Crippen LogP contribution in [-0.2, 0) is 4.79 Å². The van der Waals surface area contributed by atoms with E-state index in [0.717, 1.165) is 5.39 Å². The molecule has 0 aromatic heterocycles. The van der Waals surface area contributed by atoms with E-state index in [9.17, 15) is 19.2 Å². The second kappa shape index (κ2) is 10.3. The number of amides is 5. The number of carbonyl (C=O) groups excluding carboxylic acids is 4. The number of anilines is 3. The van der Waals surface area contributed by atoms with Gasteiger partial charge in [0, 0.05) is 35.2 Å². The molecule has 4 aromatic rings. The fraction of sp³-hybridized carbons (Fsp3) is 0.103. The molecule has 8 heteroatoms. The average Bonchev–Trinajstić information content (AvgIpc) is 2.91. The molecule has 3 N–H and O–H groups in total. The Morgan fingerprint density at radius 3 is 1.89 bits per heavy atom. The second-order valence-corrected chi connectivity index (χ2v) is 8.61. The number of rotatable bonds is 7. The van der Waals surface area contributed by atoms with Crippen molar-refractivity contribution in [3.05, 3.63) is 102 Å². The van der Waals surface area contributed by atoms with Crippen LogP contribution in [0.3, 0.4) is 0 Å². The first kappa shape index (κ1) is 23.7. The summed E-state index contributed by atoms with van der Waals surface area (Å²) in [6.07, 6.45) is 0.388. The predicted octanol–water partition coefficient (Wildman–Crippen LogP) is 5.50. The molecule has 8 nitrogen and oxygen atoms in total. The standard InChI is InChI=1S/C29H24N4O4/c34-25(31-23-15-4-5-16-24(23)32-29(37)30-20-11-2-1-3-12-20)17-8-18-33-27(35)21-13-6-9-19-10-7-14-22(26(19)21)28(33)36/h1-7,9-16H,8,17-18H2,(H,31,34)(H2,30,32,37).